The van der Waals surface area contributed by atoms with E-state index < -0.39 is 0 Å². The maximum absolute atomic E-state index is 12.2. The Balaban J connectivity index is 2.09. The molecule has 0 atom stereocenters. The molecule has 1 amide bonds. The fourth-order valence-corrected chi connectivity index (χ4v) is 3.31. The molecular formula is C13H17ClN2OS. The smallest absolute Gasteiger partial charge is 0.253 e. The number of carbonyl (C=O) groups is 1. The number of rotatable bonds is 3. The van der Waals surface area contributed by atoms with E-state index in [0.29, 0.717) is 16.6 Å². The third-order valence-corrected chi connectivity index (χ3v) is 4.34. The van der Waals surface area contributed by atoms with Crippen LogP contribution in [0, 0.1) is 0 Å². The molecule has 1 aromatic rings. The van der Waals surface area contributed by atoms with E-state index in [1.54, 1.807) is 19.2 Å². The van der Waals surface area contributed by atoms with E-state index in [4.69, 9.17) is 11.6 Å². The van der Waals surface area contributed by atoms with E-state index in [2.05, 4.69) is 10.6 Å². The van der Waals surface area contributed by atoms with Crippen molar-refractivity contribution in [1.29, 1.82) is 0 Å². The van der Waals surface area contributed by atoms with Crippen molar-refractivity contribution in [3.63, 3.8) is 0 Å². The zero-order valence-corrected chi connectivity index (χ0v) is 11.9. The minimum Gasteiger partial charge on any atom is -0.387 e. The molecule has 1 aromatic carbocycles. The molecule has 0 aliphatic carbocycles. The number of hydrogen-bond donors (Lipinski definition) is 2. The first-order valence-electron chi connectivity index (χ1n) is 6.06. The lowest BCUT2D eigenvalue weighted by atomic mass is 10.1. The largest absolute Gasteiger partial charge is 0.387 e. The molecule has 1 heterocycles. The van der Waals surface area contributed by atoms with Crippen molar-refractivity contribution in [2.24, 2.45) is 0 Å². The Morgan fingerprint density at radius 1 is 1.39 bits per heavy atom. The molecule has 5 heteroatoms. The van der Waals surface area contributed by atoms with Crippen molar-refractivity contribution in [3.8, 4) is 0 Å². The summed E-state index contributed by atoms with van der Waals surface area (Å²) in [6.07, 6.45) is 2.09. The maximum atomic E-state index is 12.2. The summed E-state index contributed by atoms with van der Waals surface area (Å²) in [5.41, 5.74) is 1.42. The highest BCUT2D eigenvalue weighted by atomic mass is 35.5. The number of carbonyl (C=O) groups excluding carboxylic acids is 1. The van der Waals surface area contributed by atoms with Gasteiger partial charge in [-0.3, -0.25) is 4.79 Å². The van der Waals surface area contributed by atoms with Crippen LogP contribution in [0.2, 0.25) is 5.02 Å². The van der Waals surface area contributed by atoms with Crippen LogP contribution in [0.3, 0.4) is 0 Å². The third-order valence-electron chi connectivity index (χ3n) is 3.05. The van der Waals surface area contributed by atoms with Gasteiger partial charge in [-0.15, -0.1) is 0 Å². The second kappa shape index (κ2) is 6.34. The molecule has 2 N–H and O–H groups in total. The molecule has 0 saturated carbocycles. The van der Waals surface area contributed by atoms with Crippen molar-refractivity contribution in [1.82, 2.24) is 5.32 Å². The highest BCUT2D eigenvalue weighted by molar-refractivity contribution is 7.99. The maximum Gasteiger partial charge on any atom is 0.253 e. The van der Waals surface area contributed by atoms with Gasteiger partial charge in [-0.2, -0.15) is 11.8 Å². The number of thioether (sulfide) groups is 1. The van der Waals surface area contributed by atoms with Crippen LogP contribution >= 0.6 is 23.4 Å². The average molecular weight is 285 g/mol. The fourth-order valence-electron chi connectivity index (χ4n) is 2.03. The standard InChI is InChI=1S/C13H17ClN2OS/c1-15-12-3-2-9(14)8-11(12)13(17)16-10-4-6-18-7-5-10/h2-3,8,10,15H,4-7H2,1H3,(H,16,17). The van der Waals surface area contributed by atoms with E-state index in [9.17, 15) is 4.79 Å². The summed E-state index contributed by atoms with van der Waals surface area (Å²) in [5, 5.41) is 6.69. The van der Waals surface area contributed by atoms with Crippen LogP contribution in [0.4, 0.5) is 5.69 Å². The van der Waals surface area contributed by atoms with Crippen LogP contribution in [0.15, 0.2) is 18.2 Å². The second-order valence-electron chi connectivity index (χ2n) is 4.30. The molecule has 18 heavy (non-hydrogen) atoms. The van der Waals surface area contributed by atoms with Crippen molar-refractivity contribution in [3.05, 3.63) is 28.8 Å². The molecule has 0 aromatic heterocycles. The molecule has 0 spiro atoms. The van der Waals surface area contributed by atoms with Crippen LogP contribution < -0.4 is 10.6 Å². The molecule has 2 rings (SSSR count). The summed E-state index contributed by atoms with van der Waals surface area (Å²) in [5.74, 6) is 2.21. The van der Waals surface area contributed by atoms with Crippen molar-refractivity contribution < 1.29 is 4.79 Å². The quantitative estimate of drug-likeness (QED) is 0.896. The Hall–Kier alpha value is -0.870. The van der Waals surface area contributed by atoms with E-state index >= 15 is 0 Å². The first-order valence-corrected chi connectivity index (χ1v) is 7.60. The van der Waals surface area contributed by atoms with Crippen LogP contribution in [0.1, 0.15) is 23.2 Å². The highest BCUT2D eigenvalue weighted by Gasteiger charge is 2.18. The van der Waals surface area contributed by atoms with Gasteiger partial charge < -0.3 is 10.6 Å². The Morgan fingerprint density at radius 2 is 2.11 bits per heavy atom. The molecule has 1 saturated heterocycles. The summed E-state index contributed by atoms with van der Waals surface area (Å²) < 4.78 is 0. The summed E-state index contributed by atoms with van der Waals surface area (Å²) in [7, 11) is 1.80. The lowest BCUT2D eigenvalue weighted by molar-refractivity contribution is 0.0935. The lowest BCUT2D eigenvalue weighted by Crippen LogP contribution is -2.37. The van der Waals surface area contributed by atoms with Crippen LogP contribution in [0.25, 0.3) is 0 Å². The molecule has 1 aliphatic heterocycles. The topological polar surface area (TPSA) is 41.1 Å². The molecule has 0 unspecified atom stereocenters. The summed E-state index contributed by atoms with van der Waals surface area (Å²) in [6, 6.07) is 5.61. The van der Waals surface area contributed by atoms with Crippen LogP contribution in [-0.4, -0.2) is 30.5 Å². The second-order valence-corrected chi connectivity index (χ2v) is 5.96. The fraction of sp³-hybridized carbons (Fsp3) is 0.462. The Kier molecular flexibility index (Phi) is 4.78. The molecule has 3 nitrogen and oxygen atoms in total. The first kappa shape index (κ1) is 13.6. The van der Waals surface area contributed by atoms with Gasteiger partial charge in [0.05, 0.1) is 5.56 Å². The summed E-state index contributed by atoms with van der Waals surface area (Å²) >= 11 is 7.90. The molecule has 1 aliphatic rings. The summed E-state index contributed by atoms with van der Waals surface area (Å²) in [6.45, 7) is 0. The number of amides is 1. The summed E-state index contributed by atoms with van der Waals surface area (Å²) in [4.78, 5) is 12.2. The number of halogens is 1. The number of anilines is 1. The van der Waals surface area contributed by atoms with Crippen LogP contribution in [-0.2, 0) is 0 Å². The Bertz CT molecular complexity index is 433. The first-order chi connectivity index (χ1) is 8.70. The van der Waals surface area contributed by atoms with Gasteiger partial charge in [-0.05, 0) is 42.5 Å². The van der Waals surface area contributed by atoms with Gasteiger partial charge in [-0.1, -0.05) is 11.6 Å². The van der Waals surface area contributed by atoms with Crippen molar-refractivity contribution in [2.75, 3.05) is 23.9 Å². The van der Waals surface area contributed by atoms with Gasteiger partial charge in [-0.25, -0.2) is 0 Å². The predicted octanol–water partition coefficient (Wildman–Crippen LogP) is 3.01. The van der Waals surface area contributed by atoms with E-state index in [1.807, 2.05) is 17.8 Å². The van der Waals surface area contributed by atoms with Gasteiger partial charge in [0.25, 0.3) is 5.91 Å². The lowest BCUT2D eigenvalue weighted by Gasteiger charge is -2.23. The highest BCUT2D eigenvalue weighted by Crippen LogP contribution is 2.22. The zero-order valence-electron chi connectivity index (χ0n) is 10.3. The number of hydrogen-bond acceptors (Lipinski definition) is 3. The molecule has 0 bridgehead atoms. The van der Waals surface area contributed by atoms with Gasteiger partial charge in [0.1, 0.15) is 0 Å². The van der Waals surface area contributed by atoms with E-state index in [1.165, 1.54) is 0 Å². The monoisotopic (exact) mass is 284 g/mol. The molecule has 1 fully saturated rings. The van der Waals surface area contributed by atoms with Gasteiger partial charge in [0.15, 0.2) is 0 Å². The van der Waals surface area contributed by atoms with Gasteiger partial charge in [0.2, 0.25) is 0 Å². The Morgan fingerprint density at radius 3 is 2.78 bits per heavy atom. The predicted molar refractivity (Wildman–Crippen MR) is 78.8 cm³/mol. The number of nitrogens with one attached hydrogen (secondary N) is 2. The zero-order chi connectivity index (χ0) is 13.0. The average Bonchev–Trinajstić information content (AvgIpc) is 2.40. The number of benzene rings is 1. The van der Waals surface area contributed by atoms with E-state index in [-0.39, 0.29) is 5.91 Å². The Labute approximate surface area is 117 Å². The SMILES string of the molecule is CNc1ccc(Cl)cc1C(=O)NC1CCSCC1. The van der Waals surface area contributed by atoms with Gasteiger partial charge in [0, 0.05) is 23.8 Å². The van der Waals surface area contributed by atoms with Crippen molar-refractivity contribution >= 4 is 35.0 Å². The third kappa shape index (κ3) is 3.33. The minimum absolute atomic E-state index is 0.0428. The minimum atomic E-state index is -0.0428. The van der Waals surface area contributed by atoms with E-state index in [0.717, 1.165) is 30.0 Å². The normalized spacial score (nSPS) is 16.3. The van der Waals surface area contributed by atoms with Crippen LogP contribution in [0.5, 0.6) is 0 Å². The van der Waals surface area contributed by atoms with Gasteiger partial charge >= 0.3 is 0 Å². The van der Waals surface area contributed by atoms with Crippen molar-refractivity contribution in [2.45, 2.75) is 18.9 Å². The molecule has 0 radical (unpaired) electrons. The molecule has 98 valence electrons. The molecular weight excluding hydrogens is 268 g/mol.